The predicted molar refractivity (Wildman–Crippen MR) is 71.7 cm³/mol. The second-order valence-corrected chi connectivity index (χ2v) is 6.73. The molecule has 4 nitrogen and oxygen atoms in total. The van der Waals surface area contributed by atoms with Crippen LogP contribution in [0.25, 0.3) is 11.3 Å². The summed E-state index contributed by atoms with van der Waals surface area (Å²) in [6, 6.07) is 3.99. The van der Waals surface area contributed by atoms with Crippen molar-refractivity contribution in [2.75, 3.05) is 6.26 Å². The van der Waals surface area contributed by atoms with E-state index in [-0.39, 0.29) is 26.3 Å². The molecular formula is C11H9Cl2FN2O2S. The number of benzene rings is 1. The van der Waals surface area contributed by atoms with Gasteiger partial charge >= 0.3 is 0 Å². The third kappa shape index (κ3) is 2.61. The molecule has 1 heterocycles. The van der Waals surface area contributed by atoms with Gasteiger partial charge in [-0.2, -0.15) is 5.10 Å². The first-order chi connectivity index (χ1) is 8.71. The summed E-state index contributed by atoms with van der Waals surface area (Å²) in [5.41, 5.74) is 0.165. The molecule has 0 amide bonds. The molecule has 0 spiro atoms. The van der Waals surface area contributed by atoms with E-state index in [4.69, 9.17) is 23.2 Å². The van der Waals surface area contributed by atoms with Gasteiger partial charge in [-0.05, 0) is 18.2 Å². The summed E-state index contributed by atoms with van der Waals surface area (Å²) < 4.78 is 38.1. The van der Waals surface area contributed by atoms with Gasteiger partial charge in [0, 0.05) is 23.9 Å². The van der Waals surface area contributed by atoms with E-state index in [1.165, 1.54) is 19.2 Å². The van der Waals surface area contributed by atoms with Crippen molar-refractivity contribution >= 4 is 33.0 Å². The molecule has 0 aliphatic carbocycles. The standard InChI is InChI=1S/C11H9Cl2FN2O2S/c1-16-11(19(2,17)18)9(13)10(15-16)7-4-3-6(12)5-8(7)14/h3-5H,1-2H3. The normalized spacial score (nSPS) is 11.8. The second-order valence-electron chi connectivity index (χ2n) is 3.99. The molecule has 0 N–H and O–H groups in total. The van der Waals surface area contributed by atoms with Crippen molar-refractivity contribution < 1.29 is 12.8 Å². The fraction of sp³-hybridized carbons (Fsp3) is 0.182. The first-order valence-corrected chi connectivity index (χ1v) is 7.74. The SMILES string of the molecule is Cn1nc(-c2ccc(Cl)cc2F)c(Cl)c1S(C)(=O)=O. The van der Waals surface area contributed by atoms with E-state index in [0.29, 0.717) is 0 Å². The molecule has 2 aromatic rings. The summed E-state index contributed by atoms with van der Waals surface area (Å²) in [6.07, 6.45) is 1.01. The largest absolute Gasteiger partial charge is 0.255 e. The highest BCUT2D eigenvalue weighted by molar-refractivity contribution is 7.90. The van der Waals surface area contributed by atoms with Crippen LogP contribution in [0.1, 0.15) is 0 Å². The van der Waals surface area contributed by atoms with Gasteiger partial charge < -0.3 is 0 Å². The summed E-state index contributed by atoms with van der Waals surface area (Å²) in [5.74, 6) is -0.618. The van der Waals surface area contributed by atoms with Crippen molar-refractivity contribution in [2.45, 2.75) is 5.03 Å². The first kappa shape index (κ1) is 14.3. The van der Waals surface area contributed by atoms with E-state index >= 15 is 0 Å². The van der Waals surface area contributed by atoms with Crippen molar-refractivity contribution in [3.63, 3.8) is 0 Å². The molecular weight excluding hydrogens is 314 g/mol. The van der Waals surface area contributed by atoms with Crippen LogP contribution in [0.15, 0.2) is 23.2 Å². The molecule has 2 rings (SSSR count). The smallest absolute Gasteiger partial charge is 0.193 e. The van der Waals surface area contributed by atoms with E-state index in [1.54, 1.807) is 0 Å². The minimum Gasteiger partial charge on any atom is -0.255 e. The molecule has 0 aliphatic heterocycles. The van der Waals surface area contributed by atoms with Gasteiger partial charge in [0.25, 0.3) is 0 Å². The maximum absolute atomic E-state index is 13.8. The third-order valence-electron chi connectivity index (χ3n) is 2.48. The first-order valence-electron chi connectivity index (χ1n) is 5.10. The Kier molecular flexibility index (Phi) is 3.59. The molecule has 0 bridgehead atoms. The Hall–Kier alpha value is -1.11. The highest BCUT2D eigenvalue weighted by Crippen LogP contribution is 2.34. The van der Waals surface area contributed by atoms with Crippen LogP contribution in [0.5, 0.6) is 0 Å². The molecule has 19 heavy (non-hydrogen) atoms. The van der Waals surface area contributed by atoms with Crippen LogP contribution in [0, 0.1) is 5.82 Å². The Labute approximate surface area is 119 Å². The highest BCUT2D eigenvalue weighted by atomic mass is 35.5. The van der Waals surface area contributed by atoms with Crippen molar-refractivity contribution in [1.82, 2.24) is 9.78 Å². The zero-order valence-electron chi connectivity index (χ0n) is 9.99. The van der Waals surface area contributed by atoms with Crippen LogP contribution in [0.4, 0.5) is 4.39 Å². The molecule has 102 valence electrons. The number of aryl methyl sites for hydroxylation is 1. The van der Waals surface area contributed by atoms with Gasteiger partial charge in [-0.15, -0.1) is 0 Å². The summed E-state index contributed by atoms with van der Waals surface area (Å²) in [7, 11) is -2.12. The predicted octanol–water partition coefficient (Wildman–Crippen LogP) is 2.94. The molecule has 0 fully saturated rings. The molecule has 0 unspecified atom stereocenters. The Morgan fingerprint density at radius 2 is 1.95 bits per heavy atom. The minimum absolute atomic E-state index is 0.0683. The van der Waals surface area contributed by atoms with Crippen LogP contribution in [-0.2, 0) is 16.9 Å². The monoisotopic (exact) mass is 322 g/mol. The Morgan fingerprint density at radius 1 is 1.32 bits per heavy atom. The van der Waals surface area contributed by atoms with E-state index in [1.807, 2.05) is 0 Å². The molecule has 0 saturated carbocycles. The average Bonchev–Trinajstić information content (AvgIpc) is 2.53. The van der Waals surface area contributed by atoms with Gasteiger partial charge in [0.2, 0.25) is 0 Å². The minimum atomic E-state index is -3.55. The molecule has 0 aliphatic rings. The zero-order valence-corrected chi connectivity index (χ0v) is 12.3. The van der Waals surface area contributed by atoms with Crippen molar-refractivity contribution in [1.29, 1.82) is 0 Å². The maximum Gasteiger partial charge on any atom is 0.193 e. The van der Waals surface area contributed by atoms with Crippen molar-refractivity contribution in [2.24, 2.45) is 7.05 Å². The van der Waals surface area contributed by atoms with Crippen molar-refractivity contribution in [3.8, 4) is 11.3 Å². The van der Waals surface area contributed by atoms with Gasteiger partial charge in [-0.3, -0.25) is 4.68 Å². The number of sulfone groups is 1. The van der Waals surface area contributed by atoms with Crippen molar-refractivity contribution in [3.05, 3.63) is 34.1 Å². The second kappa shape index (κ2) is 4.77. The number of hydrogen-bond donors (Lipinski definition) is 0. The van der Waals surface area contributed by atoms with E-state index < -0.39 is 15.7 Å². The van der Waals surface area contributed by atoms with E-state index in [2.05, 4.69) is 5.10 Å². The summed E-state index contributed by atoms with van der Waals surface area (Å²) in [6.45, 7) is 0. The summed E-state index contributed by atoms with van der Waals surface area (Å²) >= 11 is 11.7. The summed E-state index contributed by atoms with van der Waals surface area (Å²) in [4.78, 5) is 0. The lowest BCUT2D eigenvalue weighted by Crippen LogP contribution is -2.05. The molecule has 1 aromatic carbocycles. The van der Waals surface area contributed by atoms with Crippen LogP contribution < -0.4 is 0 Å². The number of aromatic nitrogens is 2. The topological polar surface area (TPSA) is 52.0 Å². The fourth-order valence-electron chi connectivity index (χ4n) is 1.74. The van der Waals surface area contributed by atoms with E-state index in [0.717, 1.165) is 17.0 Å². The van der Waals surface area contributed by atoms with Gasteiger partial charge in [0.15, 0.2) is 14.9 Å². The molecule has 1 aromatic heterocycles. The number of halogens is 3. The van der Waals surface area contributed by atoms with E-state index in [9.17, 15) is 12.8 Å². The Balaban J connectivity index is 2.72. The van der Waals surface area contributed by atoms with Gasteiger partial charge in [-0.1, -0.05) is 23.2 Å². The third-order valence-corrected chi connectivity index (χ3v) is 4.35. The highest BCUT2D eigenvalue weighted by Gasteiger charge is 2.24. The lowest BCUT2D eigenvalue weighted by atomic mass is 10.1. The molecule has 0 atom stereocenters. The van der Waals surface area contributed by atoms with Gasteiger partial charge in [0.1, 0.15) is 16.5 Å². The summed E-state index contributed by atoms with van der Waals surface area (Å²) in [5, 5.41) is 3.93. The number of nitrogens with zero attached hydrogens (tertiary/aromatic N) is 2. The fourth-order valence-corrected chi connectivity index (χ4v) is 3.52. The van der Waals surface area contributed by atoms with Gasteiger partial charge in [-0.25, -0.2) is 12.8 Å². The molecule has 0 radical (unpaired) electrons. The Morgan fingerprint density at radius 3 is 2.42 bits per heavy atom. The van der Waals surface area contributed by atoms with Crippen LogP contribution in [0.2, 0.25) is 10.0 Å². The molecule has 0 saturated heterocycles. The van der Waals surface area contributed by atoms with Gasteiger partial charge in [0.05, 0.1) is 0 Å². The van der Waals surface area contributed by atoms with Crippen LogP contribution in [0.3, 0.4) is 0 Å². The zero-order chi connectivity index (χ0) is 14.4. The quantitative estimate of drug-likeness (QED) is 0.854. The maximum atomic E-state index is 13.8. The lowest BCUT2D eigenvalue weighted by Gasteiger charge is -2.00. The van der Waals surface area contributed by atoms with Crippen LogP contribution in [-0.4, -0.2) is 24.5 Å². The number of rotatable bonds is 2. The number of hydrogen-bond acceptors (Lipinski definition) is 3. The Bertz CT molecular complexity index is 756. The molecule has 8 heteroatoms. The van der Waals surface area contributed by atoms with Crippen LogP contribution >= 0.6 is 23.2 Å². The average molecular weight is 323 g/mol. The lowest BCUT2D eigenvalue weighted by molar-refractivity contribution is 0.583.